The number of hydrazone groups is 1. The summed E-state index contributed by atoms with van der Waals surface area (Å²) in [4.78, 5) is 11.6. The molecule has 0 aliphatic rings. The number of carbonyl (C=O) groups is 1. The van der Waals surface area contributed by atoms with Crippen LogP contribution in [-0.4, -0.2) is 18.2 Å². The van der Waals surface area contributed by atoms with Crippen molar-refractivity contribution in [3.05, 3.63) is 29.8 Å². The molecule has 0 aromatic heterocycles. The number of hydrogen-bond donors (Lipinski definition) is 1. The SMILES string of the molecule is CC/C(=N/NC(=O)COc1cccc(C)c1)C(C)C. The van der Waals surface area contributed by atoms with E-state index in [4.69, 9.17) is 4.74 Å². The first kappa shape index (κ1) is 15.2. The summed E-state index contributed by atoms with van der Waals surface area (Å²) in [7, 11) is 0. The number of carbonyl (C=O) groups excluding carboxylic acids is 1. The molecule has 4 nitrogen and oxygen atoms in total. The van der Waals surface area contributed by atoms with E-state index in [9.17, 15) is 4.79 Å². The fourth-order valence-corrected chi connectivity index (χ4v) is 1.64. The number of benzene rings is 1. The highest BCUT2D eigenvalue weighted by molar-refractivity contribution is 5.87. The van der Waals surface area contributed by atoms with Crippen molar-refractivity contribution >= 4 is 11.6 Å². The van der Waals surface area contributed by atoms with E-state index in [2.05, 4.69) is 24.4 Å². The Morgan fingerprint density at radius 2 is 2.16 bits per heavy atom. The molecule has 19 heavy (non-hydrogen) atoms. The topological polar surface area (TPSA) is 50.7 Å². The lowest BCUT2D eigenvalue weighted by Gasteiger charge is -2.09. The van der Waals surface area contributed by atoms with Crippen LogP contribution in [0.15, 0.2) is 29.4 Å². The molecule has 0 unspecified atom stereocenters. The third-order valence-electron chi connectivity index (χ3n) is 2.71. The molecular weight excluding hydrogens is 240 g/mol. The predicted molar refractivity (Wildman–Crippen MR) is 77.4 cm³/mol. The minimum Gasteiger partial charge on any atom is -0.484 e. The Hall–Kier alpha value is -1.84. The van der Waals surface area contributed by atoms with E-state index in [0.29, 0.717) is 11.7 Å². The lowest BCUT2D eigenvalue weighted by atomic mass is 10.1. The van der Waals surface area contributed by atoms with Gasteiger partial charge in [0.1, 0.15) is 5.75 Å². The molecule has 0 fully saturated rings. The standard InChI is InChI=1S/C15H22N2O2/c1-5-14(11(2)3)16-17-15(18)10-19-13-8-6-7-12(4)9-13/h6-9,11H,5,10H2,1-4H3,(H,17,18)/b16-14-. The van der Waals surface area contributed by atoms with Crippen molar-refractivity contribution in [3.8, 4) is 5.75 Å². The van der Waals surface area contributed by atoms with Gasteiger partial charge in [0.15, 0.2) is 6.61 Å². The maximum absolute atomic E-state index is 11.6. The molecule has 0 spiro atoms. The summed E-state index contributed by atoms with van der Waals surface area (Å²) < 4.78 is 5.39. The summed E-state index contributed by atoms with van der Waals surface area (Å²) >= 11 is 0. The fourth-order valence-electron chi connectivity index (χ4n) is 1.64. The highest BCUT2D eigenvalue weighted by Crippen LogP contribution is 2.11. The highest BCUT2D eigenvalue weighted by atomic mass is 16.5. The third-order valence-corrected chi connectivity index (χ3v) is 2.71. The number of nitrogens with zero attached hydrogens (tertiary/aromatic N) is 1. The van der Waals surface area contributed by atoms with Crippen LogP contribution in [0.1, 0.15) is 32.8 Å². The minimum absolute atomic E-state index is 0.0258. The Labute approximate surface area is 114 Å². The van der Waals surface area contributed by atoms with Crippen LogP contribution in [0.5, 0.6) is 5.75 Å². The number of hydrogen-bond acceptors (Lipinski definition) is 3. The number of aryl methyl sites for hydroxylation is 1. The molecule has 0 aliphatic carbocycles. The molecule has 4 heteroatoms. The number of rotatable bonds is 6. The van der Waals surface area contributed by atoms with Crippen LogP contribution < -0.4 is 10.2 Å². The lowest BCUT2D eigenvalue weighted by Crippen LogP contribution is -2.26. The number of nitrogens with one attached hydrogen (secondary N) is 1. The average molecular weight is 262 g/mol. The van der Waals surface area contributed by atoms with E-state index in [1.54, 1.807) is 0 Å². The molecule has 0 saturated heterocycles. The molecule has 1 aromatic carbocycles. The Morgan fingerprint density at radius 1 is 1.42 bits per heavy atom. The van der Waals surface area contributed by atoms with Gasteiger partial charge in [0.25, 0.3) is 5.91 Å². The van der Waals surface area contributed by atoms with Crippen molar-refractivity contribution < 1.29 is 9.53 Å². The number of ether oxygens (including phenoxy) is 1. The monoisotopic (exact) mass is 262 g/mol. The zero-order valence-corrected chi connectivity index (χ0v) is 12.1. The van der Waals surface area contributed by atoms with Gasteiger partial charge in [-0.3, -0.25) is 4.79 Å². The van der Waals surface area contributed by atoms with Crippen LogP contribution in [0.25, 0.3) is 0 Å². The maximum Gasteiger partial charge on any atom is 0.277 e. The van der Waals surface area contributed by atoms with Crippen molar-refractivity contribution in [1.82, 2.24) is 5.43 Å². The van der Waals surface area contributed by atoms with Crippen LogP contribution in [-0.2, 0) is 4.79 Å². The summed E-state index contributed by atoms with van der Waals surface area (Å²) in [5.74, 6) is 0.787. The Balaban J connectivity index is 2.44. The van der Waals surface area contributed by atoms with Crippen molar-refractivity contribution in [3.63, 3.8) is 0 Å². The normalized spacial score (nSPS) is 11.5. The van der Waals surface area contributed by atoms with Crippen molar-refractivity contribution in [2.45, 2.75) is 34.1 Å². The van der Waals surface area contributed by atoms with E-state index in [1.807, 2.05) is 38.1 Å². The van der Waals surface area contributed by atoms with Crippen LogP contribution in [0, 0.1) is 12.8 Å². The number of amides is 1. The molecular formula is C15H22N2O2. The molecule has 1 aromatic rings. The Bertz CT molecular complexity index is 453. The van der Waals surface area contributed by atoms with Crippen molar-refractivity contribution in [2.24, 2.45) is 11.0 Å². The second-order valence-corrected chi connectivity index (χ2v) is 4.75. The summed E-state index contributed by atoms with van der Waals surface area (Å²) in [5.41, 5.74) is 4.60. The van der Waals surface area contributed by atoms with Gasteiger partial charge in [-0.1, -0.05) is 32.9 Å². The third kappa shape index (κ3) is 5.55. The van der Waals surface area contributed by atoms with Gasteiger partial charge in [-0.05, 0) is 37.0 Å². The zero-order chi connectivity index (χ0) is 14.3. The Kier molecular flexibility index (Phi) is 6.06. The second-order valence-electron chi connectivity index (χ2n) is 4.75. The van der Waals surface area contributed by atoms with Gasteiger partial charge in [-0.25, -0.2) is 5.43 Å². The maximum atomic E-state index is 11.6. The summed E-state index contributed by atoms with van der Waals surface area (Å²) in [6.07, 6.45) is 0.830. The first-order valence-corrected chi connectivity index (χ1v) is 6.57. The Morgan fingerprint density at radius 3 is 2.74 bits per heavy atom. The molecule has 0 saturated carbocycles. The van der Waals surface area contributed by atoms with E-state index in [-0.39, 0.29) is 12.5 Å². The van der Waals surface area contributed by atoms with Gasteiger partial charge in [0.2, 0.25) is 0 Å². The molecule has 0 radical (unpaired) electrons. The van der Waals surface area contributed by atoms with Gasteiger partial charge < -0.3 is 4.74 Å². The summed E-state index contributed by atoms with van der Waals surface area (Å²) in [5, 5.41) is 4.11. The van der Waals surface area contributed by atoms with E-state index in [0.717, 1.165) is 17.7 Å². The van der Waals surface area contributed by atoms with Crippen LogP contribution in [0.3, 0.4) is 0 Å². The van der Waals surface area contributed by atoms with E-state index >= 15 is 0 Å². The highest BCUT2D eigenvalue weighted by Gasteiger charge is 2.05. The molecule has 0 aliphatic heterocycles. The van der Waals surface area contributed by atoms with E-state index < -0.39 is 0 Å². The molecule has 0 heterocycles. The first-order valence-electron chi connectivity index (χ1n) is 6.57. The molecule has 0 bridgehead atoms. The first-order chi connectivity index (χ1) is 9.02. The smallest absolute Gasteiger partial charge is 0.277 e. The summed E-state index contributed by atoms with van der Waals surface area (Å²) in [6, 6.07) is 7.60. The summed E-state index contributed by atoms with van der Waals surface area (Å²) in [6.45, 7) is 8.08. The largest absolute Gasteiger partial charge is 0.484 e. The molecule has 1 rings (SSSR count). The van der Waals surface area contributed by atoms with Gasteiger partial charge >= 0.3 is 0 Å². The fraction of sp³-hybridized carbons (Fsp3) is 0.467. The molecule has 0 atom stereocenters. The second kappa shape index (κ2) is 7.56. The van der Waals surface area contributed by atoms with E-state index in [1.165, 1.54) is 0 Å². The van der Waals surface area contributed by atoms with Crippen molar-refractivity contribution in [1.29, 1.82) is 0 Å². The average Bonchev–Trinajstić information content (AvgIpc) is 2.37. The van der Waals surface area contributed by atoms with Crippen LogP contribution in [0.2, 0.25) is 0 Å². The quantitative estimate of drug-likeness (QED) is 0.633. The zero-order valence-electron chi connectivity index (χ0n) is 12.1. The predicted octanol–water partition coefficient (Wildman–Crippen LogP) is 2.91. The van der Waals surface area contributed by atoms with Crippen LogP contribution >= 0.6 is 0 Å². The minimum atomic E-state index is -0.242. The molecule has 1 N–H and O–H groups in total. The molecule has 1 amide bonds. The van der Waals surface area contributed by atoms with Gasteiger partial charge in [-0.15, -0.1) is 0 Å². The van der Waals surface area contributed by atoms with Gasteiger partial charge in [-0.2, -0.15) is 5.10 Å². The lowest BCUT2D eigenvalue weighted by molar-refractivity contribution is -0.123. The molecule has 104 valence electrons. The van der Waals surface area contributed by atoms with Crippen LogP contribution in [0.4, 0.5) is 0 Å². The van der Waals surface area contributed by atoms with Gasteiger partial charge in [0.05, 0.1) is 0 Å². The van der Waals surface area contributed by atoms with Crippen molar-refractivity contribution in [2.75, 3.05) is 6.61 Å². The van der Waals surface area contributed by atoms with Gasteiger partial charge in [0, 0.05) is 5.71 Å².